The Morgan fingerprint density at radius 2 is 1.91 bits per heavy atom. The van der Waals surface area contributed by atoms with Crippen LogP contribution in [0.4, 0.5) is 10.1 Å². The van der Waals surface area contributed by atoms with Crippen LogP contribution in [0.3, 0.4) is 0 Å². The second-order valence-corrected chi connectivity index (χ2v) is 5.24. The molecule has 0 aliphatic rings. The highest BCUT2D eigenvalue weighted by Gasteiger charge is 2.03. The number of carbonyl (C=O) groups is 1. The molecule has 3 rings (SSSR count). The molecule has 5 nitrogen and oxygen atoms in total. The minimum Gasteiger partial charge on any atom is -0.322 e. The number of rotatable bonds is 3. The Morgan fingerprint density at radius 1 is 1.13 bits per heavy atom. The van der Waals surface area contributed by atoms with Crippen LogP contribution in [0.15, 0.2) is 47.3 Å². The predicted molar refractivity (Wildman–Crippen MR) is 88.0 cm³/mol. The van der Waals surface area contributed by atoms with E-state index in [9.17, 15) is 14.0 Å². The third kappa shape index (κ3) is 3.49. The first-order valence-corrected chi connectivity index (χ1v) is 7.05. The molecule has 0 spiro atoms. The van der Waals surface area contributed by atoms with E-state index >= 15 is 0 Å². The largest absolute Gasteiger partial charge is 0.323 e. The van der Waals surface area contributed by atoms with E-state index in [1.807, 2.05) is 0 Å². The topological polar surface area (TPSA) is 77.8 Å². The molecule has 1 heterocycles. The predicted octanol–water partition coefficient (Wildman–Crippen LogP) is 3.30. The molecule has 0 aliphatic carbocycles. The van der Waals surface area contributed by atoms with E-state index in [1.54, 1.807) is 18.2 Å². The fraction of sp³-hybridized carbons (Fsp3) is 0. The van der Waals surface area contributed by atoms with E-state index in [0.717, 1.165) is 0 Å². The van der Waals surface area contributed by atoms with Crippen LogP contribution < -0.4 is 11.0 Å². The summed E-state index contributed by atoms with van der Waals surface area (Å²) in [5.74, 6) is -0.871. The number of amides is 1. The number of H-pyrrole nitrogens is 2. The van der Waals surface area contributed by atoms with E-state index in [0.29, 0.717) is 22.3 Å². The highest BCUT2D eigenvalue weighted by Crippen LogP contribution is 2.17. The number of hydrogen-bond acceptors (Lipinski definition) is 2. The summed E-state index contributed by atoms with van der Waals surface area (Å²) >= 11 is 5.67. The Labute approximate surface area is 134 Å². The van der Waals surface area contributed by atoms with Gasteiger partial charge in [0.25, 0.3) is 0 Å². The maximum Gasteiger partial charge on any atom is 0.323 e. The monoisotopic (exact) mass is 331 g/mol. The van der Waals surface area contributed by atoms with Crippen molar-refractivity contribution in [3.63, 3.8) is 0 Å². The van der Waals surface area contributed by atoms with Gasteiger partial charge in [-0.1, -0.05) is 17.7 Å². The zero-order valence-electron chi connectivity index (χ0n) is 11.7. The maximum atomic E-state index is 13.1. The molecule has 7 heteroatoms. The highest BCUT2D eigenvalue weighted by molar-refractivity contribution is 6.30. The van der Waals surface area contributed by atoms with Gasteiger partial charge in [0.05, 0.1) is 16.1 Å². The molecule has 0 fully saturated rings. The lowest BCUT2D eigenvalue weighted by atomic mass is 10.2. The minimum absolute atomic E-state index is 0.00516. The van der Waals surface area contributed by atoms with Crippen LogP contribution in [0.25, 0.3) is 17.1 Å². The molecule has 0 saturated heterocycles. The van der Waals surface area contributed by atoms with Gasteiger partial charge in [0.15, 0.2) is 0 Å². The van der Waals surface area contributed by atoms with Gasteiger partial charge >= 0.3 is 5.69 Å². The quantitative estimate of drug-likeness (QED) is 0.644. The number of hydrogen-bond donors (Lipinski definition) is 3. The van der Waals surface area contributed by atoms with Crippen LogP contribution in [0.5, 0.6) is 0 Å². The molecule has 2 aromatic carbocycles. The van der Waals surface area contributed by atoms with Crippen molar-refractivity contribution in [2.24, 2.45) is 0 Å². The summed E-state index contributed by atoms with van der Waals surface area (Å²) in [5, 5.41) is 2.67. The summed E-state index contributed by atoms with van der Waals surface area (Å²) in [7, 11) is 0. The van der Waals surface area contributed by atoms with Crippen molar-refractivity contribution < 1.29 is 9.18 Å². The van der Waals surface area contributed by atoms with Crippen molar-refractivity contribution >= 4 is 40.3 Å². The van der Waals surface area contributed by atoms with Crippen LogP contribution in [0.2, 0.25) is 5.02 Å². The van der Waals surface area contributed by atoms with E-state index in [2.05, 4.69) is 15.3 Å². The number of aromatic amines is 2. The molecule has 0 aliphatic heterocycles. The average Bonchev–Trinajstić information content (AvgIpc) is 2.88. The Hall–Kier alpha value is -2.86. The molecule has 116 valence electrons. The molecule has 3 aromatic rings. The summed E-state index contributed by atoms with van der Waals surface area (Å²) in [6, 6.07) is 9.18. The Bertz CT molecular complexity index is 975. The van der Waals surface area contributed by atoms with Crippen LogP contribution in [0, 0.1) is 5.82 Å². The molecule has 0 unspecified atom stereocenters. The van der Waals surface area contributed by atoms with Gasteiger partial charge < -0.3 is 15.3 Å². The molecule has 0 radical (unpaired) electrons. The Morgan fingerprint density at radius 3 is 2.70 bits per heavy atom. The van der Waals surface area contributed by atoms with Crippen molar-refractivity contribution in [3.05, 3.63) is 69.4 Å². The summed E-state index contributed by atoms with van der Waals surface area (Å²) in [6.45, 7) is 0. The Kier molecular flexibility index (Phi) is 3.99. The first-order chi connectivity index (χ1) is 11.0. The molecule has 0 saturated carbocycles. The Balaban J connectivity index is 1.73. The minimum atomic E-state index is -0.512. The number of anilines is 1. The smallest absolute Gasteiger partial charge is 0.322 e. The fourth-order valence-corrected chi connectivity index (χ4v) is 2.27. The summed E-state index contributed by atoms with van der Waals surface area (Å²) in [6.07, 6.45) is 2.84. The van der Waals surface area contributed by atoms with Crippen molar-refractivity contribution in [3.8, 4) is 0 Å². The lowest BCUT2D eigenvalue weighted by Crippen LogP contribution is -2.07. The summed E-state index contributed by atoms with van der Waals surface area (Å²) < 4.78 is 13.1. The molecule has 3 N–H and O–H groups in total. The zero-order chi connectivity index (χ0) is 16.4. The molecule has 1 amide bonds. The first-order valence-electron chi connectivity index (χ1n) is 6.67. The highest BCUT2D eigenvalue weighted by atomic mass is 35.5. The van der Waals surface area contributed by atoms with Crippen molar-refractivity contribution in [2.75, 3.05) is 5.32 Å². The van der Waals surface area contributed by atoms with E-state index in [1.165, 1.54) is 30.4 Å². The van der Waals surface area contributed by atoms with Gasteiger partial charge in [-0.05, 0) is 42.0 Å². The number of fused-ring (bicyclic) bond motifs is 1. The van der Waals surface area contributed by atoms with Gasteiger partial charge in [0.1, 0.15) is 5.82 Å². The average molecular weight is 332 g/mol. The van der Waals surface area contributed by atoms with Gasteiger partial charge in [-0.25, -0.2) is 9.18 Å². The van der Waals surface area contributed by atoms with Crippen LogP contribution >= 0.6 is 11.6 Å². The number of aromatic nitrogens is 2. The fourth-order valence-electron chi connectivity index (χ4n) is 2.08. The zero-order valence-corrected chi connectivity index (χ0v) is 12.4. The van der Waals surface area contributed by atoms with Crippen molar-refractivity contribution in [2.45, 2.75) is 0 Å². The van der Waals surface area contributed by atoms with E-state index in [4.69, 9.17) is 11.6 Å². The summed E-state index contributed by atoms with van der Waals surface area (Å²) in [4.78, 5) is 28.3. The second-order valence-electron chi connectivity index (χ2n) is 4.84. The normalized spacial score (nSPS) is 11.2. The van der Waals surface area contributed by atoms with Crippen molar-refractivity contribution in [1.82, 2.24) is 9.97 Å². The third-order valence-corrected chi connectivity index (χ3v) is 3.44. The molecule has 1 aromatic heterocycles. The molecule has 0 bridgehead atoms. The third-order valence-electron chi connectivity index (χ3n) is 3.15. The van der Waals surface area contributed by atoms with Crippen molar-refractivity contribution in [1.29, 1.82) is 0 Å². The van der Waals surface area contributed by atoms with Gasteiger partial charge in [-0.2, -0.15) is 0 Å². The number of halogens is 2. The SMILES string of the molecule is O=C(C=Cc1ccc(F)c(Cl)c1)Nc1ccc2[nH]c(=O)[nH]c2c1. The van der Waals surface area contributed by atoms with E-state index in [-0.39, 0.29) is 16.6 Å². The van der Waals surface area contributed by atoms with Crippen LogP contribution in [0.1, 0.15) is 5.56 Å². The first kappa shape index (κ1) is 15.1. The number of nitrogens with one attached hydrogen (secondary N) is 3. The standard InChI is InChI=1S/C16H11ClFN3O2/c17-11-7-9(1-4-12(11)18)2-6-15(22)19-10-3-5-13-14(8-10)21-16(23)20-13/h1-8H,(H,19,22)(H2,20,21,23). The lowest BCUT2D eigenvalue weighted by Gasteiger charge is -2.02. The number of imidazole rings is 1. The van der Waals surface area contributed by atoms with Crippen LogP contribution in [-0.4, -0.2) is 15.9 Å². The van der Waals surface area contributed by atoms with Gasteiger partial charge in [-0.3, -0.25) is 4.79 Å². The van der Waals surface area contributed by atoms with Crippen LogP contribution in [-0.2, 0) is 4.79 Å². The lowest BCUT2D eigenvalue weighted by molar-refractivity contribution is -0.111. The molecular formula is C16H11ClFN3O2. The summed E-state index contributed by atoms with van der Waals surface area (Å²) in [5.41, 5.74) is 2.10. The molecular weight excluding hydrogens is 321 g/mol. The van der Waals surface area contributed by atoms with Gasteiger partial charge in [-0.15, -0.1) is 0 Å². The van der Waals surface area contributed by atoms with Gasteiger partial charge in [0, 0.05) is 11.8 Å². The molecule has 0 atom stereocenters. The number of benzene rings is 2. The second kappa shape index (κ2) is 6.10. The number of carbonyl (C=O) groups excluding carboxylic acids is 1. The molecule has 23 heavy (non-hydrogen) atoms. The maximum absolute atomic E-state index is 13.1. The van der Waals surface area contributed by atoms with Gasteiger partial charge in [0.2, 0.25) is 5.91 Å². The van der Waals surface area contributed by atoms with E-state index < -0.39 is 5.82 Å².